The Morgan fingerprint density at radius 2 is 1.81 bits per heavy atom. The van der Waals surface area contributed by atoms with Crippen molar-refractivity contribution in [2.24, 2.45) is 11.8 Å². The van der Waals surface area contributed by atoms with Crippen LogP contribution in [0.5, 0.6) is 0 Å². The van der Waals surface area contributed by atoms with Crippen LogP contribution >= 0.6 is 0 Å². The molecule has 4 atom stereocenters. The Balaban J connectivity index is 1.19. The highest BCUT2D eigenvalue weighted by atomic mass is 16.1. The predicted octanol–water partition coefficient (Wildman–Crippen LogP) is 2.75. The maximum absolute atomic E-state index is 12.6. The van der Waals surface area contributed by atoms with E-state index in [4.69, 9.17) is 0 Å². The average molecular weight is 362 g/mol. The molecule has 2 aromatic rings. The van der Waals surface area contributed by atoms with Crippen molar-refractivity contribution in [3.8, 4) is 0 Å². The first-order valence-corrected chi connectivity index (χ1v) is 10.5. The van der Waals surface area contributed by atoms with Gasteiger partial charge in [-0.05, 0) is 48.8 Å². The highest BCUT2D eigenvalue weighted by molar-refractivity contribution is 5.94. The number of quaternary nitrogens is 1. The van der Waals surface area contributed by atoms with Gasteiger partial charge in [-0.3, -0.25) is 4.79 Å². The fourth-order valence-corrected chi connectivity index (χ4v) is 5.53. The molecule has 1 aliphatic heterocycles. The molecular weight excluding hydrogens is 332 g/mol. The first-order valence-electron chi connectivity index (χ1n) is 10.5. The summed E-state index contributed by atoms with van der Waals surface area (Å²) in [5.74, 6) is 1.70. The molecule has 5 rings (SSSR count). The summed E-state index contributed by atoms with van der Waals surface area (Å²) in [5.41, 5.74) is 5.12. The number of nitrogens with one attached hydrogen (secondary N) is 2. The number of hydrogen-bond donors (Lipinski definition) is 2. The summed E-state index contributed by atoms with van der Waals surface area (Å²) in [4.78, 5) is 14.2. The van der Waals surface area contributed by atoms with Gasteiger partial charge in [0.15, 0.2) is 0 Å². The molecule has 2 aromatic carbocycles. The van der Waals surface area contributed by atoms with E-state index in [1.807, 2.05) is 12.1 Å². The number of hydrogen-bond acceptors (Lipinski definition) is 1. The Morgan fingerprint density at radius 1 is 1.00 bits per heavy atom. The predicted molar refractivity (Wildman–Crippen MR) is 107 cm³/mol. The Bertz CT molecular complexity index is 829. The summed E-state index contributed by atoms with van der Waals surface area (Å²) in [6.07, 6.45) is 6.35. The van der Waals surface area contributed by atoms with Gasteiger partial charge in [0.05, 0.1) is 6.54 Å². The minimum Gasteiger partial charge on any atom is -0.349 e. The Hall–Kier alpha value is -2.13. The summed E-state index contributed by atoms with van der Waals surface area (Å²) >= 11 is 0. The van der Waals surface area contributed by atoms with E-state index in [0.717, 1.165) is 36.9 Å². The molecule has 140 valence electrons. The first kappa shape index (κ1) is 17.0. The Morgan fingerprint density at radius 3 is 2.56 bits per heavy atom. The molecule has 0 spiro atoms. The van der Waals surface area contributed by atoms with Crippen LogP contribution < -0.4 is 10.2 Å². The van der Waals surface area contributed by atoms with Crippen molar-refractivity contribution in [3.63, 3.8) is 0 Å². The highest BCUT2D eigenvalue weighted by Gasteiger charge is 2.40. The second-order valence-electron chi connectivity index (χ2n) is 8.82. The number of fused-ring (bicyclic) bond motifs is 3. The van der Waals surface area contributed by atoms with E-state index in [9.17, 15) is 4.79 Å². The number of benzene rings is 2. The van der Waals surface area contributed by atoms with Crippen molar-refractivity contribution in [3.05, 3.63) is 70.8 Å². The van der Waals surface area contributed by atoms with Gasteiger partial charge in [0.25, 0.3) is 5.91 Å². The minimum absolute atomic E-state index is 0.110. The molecule has 1 amide bonds. The summed E-state index contributed by atoms with van der Waals surface area (Å²) in [5, 5.41) is 3.29. The normalized spacial score (nSPS) is 28.7. The van der Waals surface area contributed by atoms with Gasteiger partial charge in [0.1, 0.15) is 13.1 Å². The van der Waals surface area contributed by atoms with Crippen LogP contribution in [0.25, 0.3) is 0 Å². The molecule has 2 bridgehead atoms. The van der Waals surface area contributed by atoms with Gasteiger partial charge in [-0.1, -0.05) is 42.8 Å². The quantitative estimate of drug-likeness (QED) is 0.863. The van der Waals surface area contributed by atoms with Crippen LogP contribution in [0, 0.1) is 11.8 Å². The van der Waals surface area contributed by atoms with Crippen molar-refractivity contribution in [1.29, 1.82) is 0 Å². The molecule has 2 fully saturated rings. The Kier molecular flexibility index (Phi) is 4.48. The largest absolute Gasteiger partial charge is 0.349 e. The molecule has 2 N–H and O–H groups in total. The summed E-state index contributed by atoms with van der Waals surface area (Å²) in [6, 6.07) is 17.5. The average Bonchev–Trinajstić information content (AvgIpc) is 3.31. The molecule has 1 unspecified atom stereocenters. The highest BCUT2D eigenvalue weighted by Crippen LogP contribution is 2.44. The van der Waals surface area contributed by atoms with Gasteiger partial charge >= 0.3 is 0 Å². The molecule has 0 radical (unpaired) electrons. The molecule has 27 heavy (non-hydrogen) atoms. The maximum atomic E-state index is 12.6. The van der Waals surface area contributed by atoms with Crippen LogP contribution in [0.15, 0.2) is 48.5 Å². The van der Waals surface area contributed by atoms with Crippen molar-refractivity contribution in [2.75, 3.05) is 6.54 Å². The smallest absolute Gasteiger partial charge is 0.251 e. The molecule has 3 heteroatoms. The minimum atomic E-state index is 0.110. The Labute approximate surface area is 161 Å². The SMILES string of the molecule is O=C(N[C@H]1C[C@H]2CC[C@H]1C2)c1ccc(C[NH+]2CCc3ccccc3C2)cc1. The van der Waals surface area contributed by atoms with E-state index in [1.54, 1.807) is 4.90 Å². The lowest BCUT2D eigenvalue weighted by Crippen LogP contribution is -3.10. The fraction of sp³-hybridized carbons (Fsp3) is 0.458. The van der Waals surface area contributed by atoms with Crippen LogP contribution in [0.4, 0.5) is 0 Å². The molecule has 1 heterocycles. The molecule has 2 saturated carbocycles. The second-order valence-corrected chi connectivity index (χ2v) is 8.82. The summed E-state index contributed by atoms with van der Waals surface area (Å²) in [7, 11) is 0. The van der Waals surface area contributed by atoms with E-state index < -0.39 is 0 Å². The van der Waals surface area contributed by atoms with E-state index >= 15 is 0 Å². The third kappa shape index (κ3) is 3.53. The number of carbonyl (C=O) groups is 1. The van der Waals surface area contributed by atoms with Gasteiger partial charge in [0, 0.05) is 29.2 Å². The zero-order valence-electron chi connectivity index (χ0n) is 15.9. The lowest BCUT2D eigenvalue weighted by molar-refractivity contribution is -0.929. The third-order valence-electron chi connectivity index (χ3n) is 7.03. The standard InChI is InChI=1S/C24H28N2O/c27-24(25-23-14-18-7-10-21(23)13-18)20-8-5-17(6-9-20)15-26-12-11-19-3-1-2-4-22(19)16-26/h1-6,8-9,18,21,23H,7,10-16H2,(H,25,27)/p+1/t18-,21-,23-/m0/s1. The molecule has 0 saturated heterocycles. The van der Waals surface area contributed by atoms with E-state index in [1.165, 1.54) is 48.9 Å². The van der Waals surface area contributed by atoms with Gasteiger partial charge < -0.3 is 10.2 Å². The lowest BCUT2D eigenvalue weighted by atomic mass is 9.95. The van der Waals surface area contributed by atoms with Crippen LogP contribution in [-0.4, -0.2) is 18.5 Å². The van der Waals surface area contributed by atoms with Crippen molar-refractivity contribution in [2.45, 2.75) is 51.2 Å². The lowest BCUT2D eigenvalue weighted by Gasteiger charge is -2.26. The number of amides is 1. The molecular formula is C24H29N2O+. The second kappa shape index (κ2) is 7.12. The number of rotatable bonds is 4. The molecule has 2 aliphatic carbocycles. The molecule has 0 aromatic heterocycles. The van der Waals surface area contributed by atoms with Gasteiger partial charge in [-0.2, -0.15) is 0 Å². The van der Waals surface area contributed by atoms with E-state index in [-0.39, 0.29) is 5.91 Å². The van der Waals surface area contributed by atoms with Crippen LogP contribution in [0.2, 0.25) is 0 Å². The van der Waals surface area contributed by atoms with Crippen molar-refractivity contribution in [1.82, 2.24) is 5.32 Å². The molecule has 3 aliphatic rings. The first-order chi connectivity index (χ1) is 13.2. The third-order valence-corrected chi connectivity index (χ3v) is 7.03. The van der Waals surface area contributed by atoms with E-state index in [2.05, 4.69) is 41.7 Å². The van der Waals surface area contributed by atoms with Crippen LogP contribution in [-0.2, 0) is 19.5 Å². The van der Waals surface area contributed by atoms with Crippen LogP contribution in [0.1, 0.15) is 52.7 Å². The van der Waals surface area contributed by atoms with Crippen molar-refractivity contribution < 1.29 is 9.69 Å². The van der Waals surface area contributed by atoms with E-state index in [0.29, 0.717) is 6.04 Å². The monoisotopic (exact) mass is 361 g/mol. The molecule has 3 nitrogen and oxygen atoms in total. The maximum Gasteiger partial charge on any atom is 0.251 e. The summed E-state index contributed by atoms with van der Waals surface area (Å²) in [6.45, 7) is 3.31. The number of carbonyl (C=O) groups excluding carboxylic acids is 1. The summed E-state index contributed by atoms with van der Waals surface area (Å²) < 4.78 is 0. The van der Waals surface area contributed by atoms with Crippen molar-refractivity contribution >= 4 is 5.91 Å². The van der Waals surface area contributed by atoms with Gasteiger partial charge in [-0.25, -0.2) is 0 Å². The zero-order valence-corrected chi connectivity index (χ0v) is 15.9. The van der Waals surface area contributed by atoms with Crippen LogP contribution in [0.3, 0.4) is 0 Å². The topological polar surface area (TPSA) is 33.5 Å². The van der Waals surface area contributed by atoms with Gasteiger partial charge in [0.2, 0.25) is 0 Å². The zero-order chi connectivity index (χ0) is 18.2. The fourth-order valence-electron chi connectivity index (χ4n) is 5.53. The van der Waals surface area contributed by atoms with Gasteiger partial charge in [-0.15, -0.1) is 0 Å².